The van der Waals surface area contributed by atoms with Crippen LogP contribution in [0.1, 0.15) is 56.9 Å². The highest BCUT2D eigenvalue weighted by atomic mass is 35.5. The zero-order valence-corrected chi connectivity index (χ0v) is 19.3. The van der Waals surface area contributed by atoms with Gasteiger partial charge in [0.05, 0.1) is 11.0 Å². The van der Waals surface area contributed by atoms with Crippen molar-refractivity contribution >= 4 is 23.3 Å². The minimum absolute atomic E-state index is 0.0284. The highest BCUT2D eigenvalue weighted by Gasteiger charge is 2.43. The molecule has 0 saturated carbocycles. The molecule has 1 aliphatic rings. The first-order valence-corrected chi connectivity index (χ1v) is 11.1. The second kappa shape index (κ2) is 9.88. The number of nitro benzene ring substituents is 1. The number of rotatable bonds is 6. The number of benzene rings is 2. The average molecular weight is 462 g/mol. The van der Waals surface area contributed by atoms with Crippen LogP contribution < -0.4 is 0 Å². The van der Waals surface area contributed by atoms with E-state index in [1.807, 2.05) is 12.1 Å². The first kappa shape index (κ1) is 24.0. The number of ether oxygens (including phenoxy) is 2. The molecule has 1 heterocycles. The van der Waals surface area contributed by atoms with Crippen LogP contribution in [0.3, 0.4) is 0 Å². The Bertz CT molecular complexity index is 1010. The Morgan fingerprint density at radius 2 is 1.94 bits per heavy atom. The van der Waals surface area contributed by atoms with Crippen molar-refractivity contribution < 1.29 is 24.3 Å². The quantitative estimate of drug-likeness (QED) is 0.341. The number of hydrogen-bond acceptors (Lipinski definition) is 6. The summed E-state index contributed by atoms with van der Waals surface area (Å²) < 4.78 is 12.1. The fraction of sp³-hybridized carbons (Fsp3) is 0.458. The first-order chi connectivity index (χ1) is 15.1. The molecule has 8 heteroatoms. The maximum absolute atomic E-state index is 11.8. The number of aromatic hydroxyl groups is 1. The zero-order valence-electron chi connectivity index (χ0n) is 18.6. The summed E-state index contributed by atoms with van der Waals surface area (Å²) in [5.74, 6) is -0.415. The third-order valence-electron chi connectivity index (χ3n) is 6.29. The highest BCUT2D eigenvalue weighted by molar-refractivity contribution is 6.31. The molecule has 0 radical (unpaired) electrons. The Kier molecular flexibility index (Phi) is 7.41. The topological polar surface area (TPSA) is 98.9 Å². The molecule has 1 N–H and O–H groups in total. The van der Waals surface area contributed by atoms with Crippen LogP contribution in [0.4, 0.5) is 5.69 Å². The minimum atomic E-state index is -0.621. The van der Waals surface area contributed by atoms with Crippen molar-refractivity contribution in [2.45, 2.75) is 58.8 Å². The molecule has 1 aliphatic heterocycles. The Morgan fingerprint density at radius 1 is 1.22 bits per heavy atom. The number of nitro groups is 1. The fourth-order valence-corrected chi connectivity index (χ4v) is 4.54. The molecule has 2 aromatic rings. The van der Waals surface area contributed by atoms with Gasteiger partial charge < -0.3 is 14.6 Å². The van der Waals surface area contributed by atoms with Crippen molar-refractivity contribution in [1.29, 1.82) is 0 Å². The van der Waals surface area contributed by atoms with Gasteiger partial charge in [0.1, 0.15) is 12.2 Å². The van der Waals surface area contributed by atoms with Crippen LogP contribution in [0.2, 0.25) is 5.02 Å². The molecule has 0 bridgehead atoms. The molecular weight excluding hydrogens is 434 g/mol. The number of carbonyl (C=O) groups is 1. The number of halogens is 1. The lowest BCUT2D eigenvalue weighted by Gasteiger charge is -2.44. The summed E-state index contributed by atoms with van der Waals surface area (Å²) in [5, 5.41) is 21.4. The van der Waals surface area contributed by atoms with Crippen LogP contribution in [-0.2, 0) is 20.7 Å². The lowest BCUT2D eigenvalue weighted by molar-refractivity contribution is -0.385. The maximum Gasteiger partial charge on any atom is 0.310 e. The summed E-state index contributed by atoms with van der Waals surface area (Å²) in [6, 6.07) is 9.80. The van der Waals surface area contributed by atoms with Crippen molar-refractivity contribution in [1.82, 2.24) is 0 Å². The van der Waals surface area contributed by atoms with Crippen LogP contribution in [-0.4, -0.2) is 28.2 Å². The normalized spacial score (nSPS) is 25.3. The largest absolute Gasteiger partial charge is 0.502 e. The summed E-state index contributed by atoms with van der Waals surface area (Å²) in [5.41, 5.74) is 1.88. The molecule has 5 atom stereocenters. The number of nitrogens with zero attached hydrogens (tertiary/aromatic N) is 1. The molecule has 0 aliphatic carbocycles. The van der Waals surface area contributed by atoms with Crippen LogP contribution in [0.15, 0.2) is 36.4 Å². The monoisotopic (exact) mass is 461 g/mol. The summed E-state index contributed by atoms with van der Waals surface area (Å²) in [4.78, 5) is 22.3. The van der Waals surface area contributed by atoms with Crippen LogP contribution in [0.5, 0.6) is 5.75 Å². The molecule has 172 valence electrons. The van der Waals surface area contributed by atoms with Gasteiger partial charge in [0.2, 0.25) is 0 Å². The third kappa shape index (κ3) is 5.05. The molecule has 0 aromatic heterocycles. The maximum atomic E-state index is 11.8. The molecule has 32 heavy (non-hydrogen) atoms. The Hall–Kier alpha value is -2.64. The average Bonchev–Trinajstić information content (AvgIpc) is 2.74. The standard InChI is InChI=1S/C24H28ClNO6/c1-5-22-13(2)14(3)23(31-15(4)27)24(32-22)17-7-8-19(25)18(12-17)10-16-6-9-21(28)20(11-16)26(29)30/h6-9,11-14,22-24,28H,5,10H2,1-4H3/t13-,14?,22+,23?,24-/m0/s1. The zero-order chi connectivity index (χ0) is 23.6. The number of hydrogen-bond donors (Lipinski definition) is 1. The van der Waals surface area contributed by atoms with Crippen molar-refractivity contribution in [2.75, 3.05) is 0 Å². The first-order valence-electron chi connectivity index (χ1n) is 10.7. The molecule has 3 rings (SSSR count). The number of carbonyl (C=O) groups excluding carboxylic acids is 1. The van der Waals surface area contributed by atoms with Gasteiger partial charge in [-0.2, -0.15) is 0 Å². The molecule has 1 fully saturated rings. The molecular formula is C24H28ClNO6. The van der Waals surface area contributed by atoms with Gasteiger partial charge in [-0.3, -0.25) is 14.9 Å². The van der Waals surface area contributed by atoms with E-state index < -0.39 is 17.1 Å². The van der Waals surface area contributed by atoms with E-state index in [-0.39, 0.29) is 35.3 Å². The highest BCUT2D eigenvalue weighted by Crippen LogP contribution is 2.42. The van der Waals surface area contributed by atoms with Crippen LogP contribution >= 0.6 is 11.6 Å². The second-order valence-electron chi connectivity index (χ2n) is 8.40. The molecule has 2 aromatic carbocycles. The van der Waals surface area contributed by atoms with Gasteiger partial charge in [-0.25, -0.2) is 0 Å². The van der Waals surface area contributed by atoms with E-state index in [2.05, 4.69) is 20.8 Å². The Labute approximate surface area is 192 Å². The summed E-state index contributed by atoms with van der Waals surface area (Å²) in [6.07, 6.45) is 0.323. The minimum Gasteiger partial charge on any atom is -0.502 e. The SMILES string of the molecule is CC[C@H]1O[C@@H](c2ccc(Cl)c(Cc3ccc(O)c([N+](=O)[O-])c3)c2)C(OC(C)=O)C(C)[C@@H]1C. The van der Waals surface area contributed by atoms with Crippen molar-refractivity contribution in [2.24, 2.45) is 11.8 Å². The van der Waals surface area contributed by atoms with E-state index in [0.717, 1.165) is 17.5 Å². The molecule has 7 nitrogen and oxygen atoms in total. The summed E-state index contributed by atoms with van der Waals surface area (Å²) >= 11 is 6.44. The van der Waals surface area contributed by atoms with Gasteiger partial charge in [-0.15, -0.1) is 0 Å². The van der Waals surface area contributed by atoms with Crippen molar-refractivity contribution in [3.8, 4) is 5.75 Å². The van der Waals surface area contributed by atoms with Crippen molar-refractivity contribution in [3.05, 3.63) is 68.2 Å². The number of phenolic OH excluding ortho intramolecular Hbond substituents is 1. The van der Waals surface area contributed by atoms with E-state index in [4.69, 9.17) is 21.1 Å². The van der Waals surface area contributed by atoms with Gasteiger partial charge in [-0.1, -0.05) is 50.6 Å². The van der Waals surface area contributed by atoms with Crippen LogP contribution in [0, 0.1) is 22.0 Å². The third-order valence-corrected chi connectivity index (χ3v) is 6.66. The Balaban J connectivity index is 1.96. The fourth-order valence-electron chi connectivity index (χ4n) is 4.35. The Morgan fingerprint density at radius 3 is 2.56 bits per heavy atom. The van der Waals surface area contributed by atoms with E-state index in [1.165, 1.54) is 19.1 Å². The molecule has 0 spiro atoms. The molecule has 2 unspecified atom stereocenters. The predicted octanol–water partition coefficient (Wildman–Crippen LogP) is 5.60. The summed E-state index contributed by atoms with van der Waals surface area (Å²) in [6.45, 7) is 7.65. The van der Waals surface area contributed by atoms with Gasteiger partial charge in [0.25, 0.3) is 0 Å². The van der Waals surface area contributed by atoms with E-state index in [1.54, 1.807) is 12.1 Å². The number of phenols is 1. The van der Waals surface area contributed by atoms with Gasteiger partial charge >= 0.3 is 11.7 Å². The summed E-state index contributed by atoms with van der Waals surface area (Å²) in [7, 11) is 0. The smallest absolute Gasteiger partial charge is 0.310 e. The number of esters is 1. The van der Waals surface area contributed by atoms with E-state index >= 15 is 0 Å². The van der Waals surface area contributed by atoms with Gasteiger partial charge in [0.15, 0.2) is 5.75 Å². The lowest BCUT2D eigenvalue weighted by Crippen LogP contribution is -2.46. The predicted molar refractivity (Wildman–Crippen MR) is 121 cm³/mol. The van der Waals surface area contributed by atoms with Crippen molar-refractivity contribution in [3.63, 3.8) is 0 Å². The van der Waals surface area contributed by atoms with E-state index in [9.17, 15) is 20.0 Å². The van der Waals surface area contributed by atoms with Gasteiger partial charge in [0, 0.05) is 23.9 Å². The molecule has 0 amide bonds. The lowest BCUT2D eigenvalue weighted by atomic mass is 9.78. The van der Waals surface area contributed by atoms with E-state index in [0.29, 0.717) is 17.0 Å². The van der Waals surface area contributed by atoms with Gasteiger partial charge in [-0.05, 0) is 47.6 Å². The second-order valence-corrected chi connectivity index (χ2v) is 8.81. The van der Waals surface area contributed by atoms with Crippen LogP contribution in [0.25, 0.3) is 0 Å². The molecule has 1 saturated heterocycles.